The number of amides is 2. The van der Waals surface area contributed by atoms with Crippen LogP contribution in [-0.4, -0.2) is 39.4 Å². The van der Waals surface area contributed by atoms with Gasteiger partial charge < -0.3 is 29.2 Å². The van der Waals surface area contributed by atoms with Crippen LogP contribution in [-0.2, 0) is 9.59 Å². The highest BCUT2D eigenvalue weighted by Gasteiger charge is 2.36. The summed E-state index contributed by atoms with van der Waals surface area (Å²) in [7, 11) is 3.14. The van der Waals surface area contributed by atoms with E-state index < -0.39 is 5.92 Å². The van der Waals surface area contributed by atoms with Crippen molar-refractivity contribution >= 4 is 17.5 Å². The quantitative estimate of drug-likeness (QED) is 0.785. The van der Waals surface area contributed by atoms with Crippen LogP contribution in [0, 0.1) is 5.92 Å². The number of carbonyl (C=O) groups excluding carboxylic acids is 2. The van der Waals surface area contributed by atoms with Gasteiger partial charge in [-0.25, -0.2) is 0 Å². The van der Waals surface area contributed by atoms with E-state index >= 15 is 0 Å². The zero-order valence-corrected chi connectivity index (χ0v) is 17.1. The third kappa shape index (κ3) is 3.72. The van der Waals surface area contributed by atoms with E-state index in [1.54, 1.807) is 43.4 Å². The summed E-state index contributed by atoms with van der Waals surface area (Å²) in [5, 5.41) is 3.00. The van der Waals surface area contributed by atoms with Gasteiger partial charge in [-0.05, 0) is 36.8 Å². The van der Waals surface area contributed by atoms with Crippen LogP contribution in [0.1, 0.15) is 24.9 Å². The van der Waals surface area contributed by atoms with Crippen LogP contribution in [0.3, 0.4) is 0 Å². The van der Waals surface area contributed by atoms with Crippen LogP contribution in [0.25, 0.3) is 0 Å². The molecule has 0 aliphatic carbocycles. The maximum atomic E-state index is 12.8. The molecule has 1 N–H and O–H groups in total. The van der Waals surface area contributed by atoms with Crippen LogP contribution in [0.2, 0.25) is 0 Å². The molecule has 158 valence electrons. The summed E-state index contributed by atoms with van der Waals surface area (Å²) < 4.78 is 21.3. The highest BCUT2D eigenvalue weighted by Crippen LogP contribution is 2.37. The molecule has 2 unspecified atom stereocenters. The molecule has 8 nitrogen and oxygen atoms in total. The van der Waals surface area contributed by atoms with E-state index in [1.807, 2.05) is 19.1 Å². The Labute approximate surface area is 174 Å². The minimum absolute atomic E-state index is 0.0900. The van der Waals surface area contributed by atoms with E-state index in [9.17, 15) is 9.59 Å². The monoisotopic (exact) mass is 412 g/mol. The Hall–Kier alpha value is -3.42. The minimum atomic E-state index is -0.425. The highest BCUT2D eigenvalue weighted by atomic mass is 16.7. The van der Waals surface area contributed by atoms with Gasteiger partial charge >= 0.3 is 0 Å². The molecular formula is C22H24N2O6. The van der Waals surface area contributed by atoms with E-state index in [-0.39, 0.29) is 31.1 Å². The molecule has 1 fully saturated rings. The third-order valence-corrected chi connectivity index (χ3v) is 5.43. The lowest BCUT2D eigenvalue weighted by molar-refractivity contribution is -0.126. The van der Waals surface area contributed by atoms with Crippen LogP contribution in [0.5, 0.6) is 23.0 Å². The molecule has 0 bridgehead atoms. The van der Waals surface area contributed by atoms with Crippen molar-refractivity contribution in [3.05, 3.63) is 42.0 Å². The molecule has 4 rings (SSSR count). The summed E-state index contributed by atoms with van der Waals surface area (Å²) in [6, 6.07) is 10.6. The fourth-order valence-corrected chi connectivity index (χ4v) is 3.72. The van der Waals surface area contributed by atoms with Gasteiger partial charge in [0.05, 0.1) is 26.2 Å². The number of fused-ring (bicyclic) bond motifs is 1. The molecule has 30 heavy (non-hydrogen) atoms. The molecule has 2 amide bonds. The van der Waals surface area contributed by atoms with Crippen molar-refractivity contribution in [2.45, 2.75) is 19.4 Å². The first-order chi connectivity index (χ1) is 14.5. The molecule has 8 heteroatoms. The minimum Gasteiger partial charge on any atom is -0.493 e. The molecular weight excluding hydrogens is 388 g/mol. The predicted molar refractivity (Wildman–Crippen MR) is 109 cm³/mol. The van der Waals surface area contributed by atoms with E-state index in [4.69, 9.17) is 18.9 Å². The Kier molecular flexibility index (Phi) is 5.39. The van der Waals surface area contributed by atoms with Crippen molar-refractivity contribution in [1.29, 1.82) is 0 Å². The Bertz CT molecular complexity index is 976. The van der Waals surface area contributed by atoms with Gasteiger partial charge in [0.1, 0.15) is 0 Å². The summed E-state index contributed by atoms with van der Waals surface area (Å²) >= 11 is 0. The van der Waals surface area contributed by atoms with Crippen molar-refractivity contribution in [1.82, 2.24) is 5.32 Å². The lowest BCUT2D eigenvalue weighted by atomic mass is 10.0. The summed E-state index contributed by atoms with van der Waals surface area (Å²) in [5.74, 6) is 1.81. The zero-order valence-electron chi connectivity index (χ0n) is 17.1. The second-order valence-corrected chi connectivity index (χ2v) is 7.29. The number of hydrogen-bond acceptors (Lipinski definition) is 6. The van der Waals surface area contributed by atoms with Crippen molar-refractivity contribution in [3.63, 3.8) is 0 Å². The largest absolute Gasteiger partial charge is 0.493 e. The SMILES string of the molecule is COc1ccc(C(C)NC(=O)C2CC(=O)N(c3ccc4c(c3)OCO4)C2)cc1OC. The van der Waals surface area contributed by atoms with Gasteiger partial charge in [0.2, 0.25) is 18.6 Å². The van der Waals surface area contributed by atoms with Gasteiger partial charge in [-0.1, -0.05) is 6.07 Å². The van der Waals surface area contributed by atoms with Crippen LogP contribution < -0.4 is 29.2 Å². The van der Waals surface area contributed by atoms with Gasteiger partial charge in [0, 0.05) is 24.7 Å². The van der Waals surface area contributed by atoms with Crippen molar-refractivity contribution in [2.75, 3.05) is 32.5 Å². The third-order valence-electron chi connectivity index (χ3n) is 5.43. The molecule has 2 aromatic carbocycles. The van der Waals surface area contributed by atoms with Crippen LogP contribution in [0.4, 0.5) is 5.69 Å². The second-order valence-electron chi connectivity index (χ2n) is 7.29. The number of benzene rings is 2. The second kappa shape index (κ2) is 8.14. The maximum Gasteiger partial charge on any atom is 0.231 e. The Morgan fingerprint density at radius 3 is 2.63 bits per heavy atom. The number of hydrogen-bond donors (Lipinski definition) is 1. The molecule has 2 aliphatic heterocycles. The first kappa shape index (κ1) is 19.9. The van der Waals surface area contributed by atoms with E-state index in [1.165, 1.54) is 0 Å². The first-order valence-corrected chi connectivity index (χ1v) is 9.72. The van der Waals surface area contributed by atoms with Gasteiger partial charge in [0.25, 0.3) is 0 Å². The normalized spacial score (nSPS) is 18.3. The van der Waals surface area contributed by atoms with Gasteiger partial charge in [-0.3, -0.25) is 9.59 Å². The number of carbonyl (C=O) groups is 2. The zero-order chi connectivity index (χ0) is 21.3. The average molecular weight is 412 g/mol. The summed E-state index contributed by atoms with van der Waals surface area (Å²) in [6.45, 7) is 2.39. The van der Waals surface area contributed by atoms with Crippen LogP contribution in [0.15, 0.2) is 36.4 Å². The van der Waals surface area contributed by atoms with Gasteiger partial charge in [0.15, 0.2) is 23.0 Å². The molecule has 0 radical (unpaired) electrons. The smallest absolute Gasteiger partial charge is 0.231 e. The molecule has 1 saturated heterocycles. The summed E-state index contributed by atoms with van der Waals surface area (Å²) in [6.07, 6.45) is 0.166. The predicted octanol–water partition coefficient (Wildman–Crippen LogP) is 2.66. The number of methoxy groups -OCH3 is 2. The molecule has 0 aromatic heterocycles. The molecule has 0 saturated carbocycles. The Morgan fingerprint density at radius 1 is 1.10 bits per heavy atom. The lowest BCUT2D eigenvalue weighted by Crippen LogP contribution is -2.34. The van der Waals surface area contributed by atoms with Crippen molar-refractivity contribution in [3.8, 4) is 23.0 Å². The molecule has 2 aromatic rings. The summed E-state index contributed by atoms with van der Waals surface area (Å²) in [4.78, 5) is 27.0. The molecule has 0 spiro atoms. The molecule has 2 heterocycles. The fraction of sp³-hybridized carbons (Fsp3) is 0.364. The average Bonchev–Trinajstić information content (AvgIpc) is 3.38. The Morgan fingerprint density at radius 2 is 1.87 bits per heavy atom. The standard InChI is InChI=1S/C22H24N2O6/c1-13(14-4-6-17(27-2)19(8-14)28-3)23-22(26)15-9-21(25)24(11-15)16-5-7-18-20(10-16)30-12-29-18/h4-8,10,13,15H,9,11-12H2,1-3H3,(H,23,26). The number of nitrogens with zero attached hydrogens (tertiary/aromatic N) is 1. The number of nitrogens with one attached hydrogen (secondary N) is 1. The van der Waals surface area contributed by atoms with Crippen LogP contribution >= 0.6 is 0 Å². The highest BCUT2D eigenvalue weighted by molar-refractivity contribution is 6.00. The van der Waals surface area contributed by atoms with E-state index in [0.717, 1.165) is 5.56 Å². The summed E-state index contributed by atoms with van der Waals surface area (Å²) in [5.41, 5.74) is 1.59. The number of rotatable bonds is 6. The van der Waals surface area contributed by atoms with E-state index in [0.29, 0.717) is 35.2 Å². The topological polar surface area (TPSA) is 86.3 Å². The van der Waals surface area contributed by atoms with Crippen molar-refractivity contribution < 1.29 is 28.5 Å². The molecule has 2 atom stereocenters. The van der Waals surface area contributed by atoms with Gasteiger partial charge in [-0.15, -0.1) is 0 Å². The lowest BCUT2D eigenvalue weighted by Gasteiger charge is -2.20. The Balaban J connectivity index is 1.42. The van der Waals surface area contributed by atoms with E-state index in [2.05, 4.69) is 5.32 Å². The number of ether oxygens (including phenoxy) is 4. The van der Waals surface area contributed by atoms with Crippen molar-refractivity contribution in [2.24, 2.45) is 5.92 Å². The number of anilines is 1. The first-order valence-electron chi connectivity index (χ1n) is 9.72. The maximum absolute atomic E-state index is 12.8. The van der Waals surface area contributed by atoms with Gasteiger partial charge in [-0.2, -0.15) is 0 Å². The fourth-order valence-electron chi connectivity index (χ4n) is 3.72. The molecule has 2 aliphatic rings.